The second-order valence-corrected chi connectivity index (χ2v) is 7.24. The molecule has 19 heavy (non-hydrogen) atoms. The van der Waals surface area contributed by atoms with Gasteiger partial charge in [-0.15, -0.1) is 0 Å². The molecule has 0 saturated heterocycles. The first kappa shape index (κ1) is 12.0. The molecule has 1 heterocycles. The lowest BCUT2D eigenvalue weighted by Gasteiger charge is -2.56. The maximum absolute atomic E-state index is 5.85. The topological polar surface area (TPSA) is 52.0 Å². The van der Waals surface area contributed by atoms with E-state index in [0.29, 0.717) is 12.0 Å². The summed E-state index contributed by atoms with van der Waals surface area (Å²) in [6.07, 6.45) is 9.32. The summed E-state index contributed by atoms with van der Waals surface area (Å²) < 4.78 is 5.85. The van der Waals surface area contributed by atoms with Gasteiger partial charge in [0.25, 0.3) is 0 Å². The van der Waals surface area contributed by atoms with Gasteiger partial charge >= 0.3 is 0 Å². The van der Waals surface area contributed by atoms with Gasteiger partial charge in [0, 0.05) is 18.8 Å². The van der Waals surface area contributed by atoms with Crippen molar-refractivity contribution < 1.29 is 4.42 Å². The number of hydrogen-bond acceptors (Lipinski definition) is 3. The minimum Gasteiger partial charge on any atom is -0.446 e. The summed E-state index contributed by atoms with van der Waals surface area (Å²) in [4.78, 5) is 4.80. The van der Waals surface area contributed by atoms with Crippen LogP contribution in [0.1, 0.15) is 55.9 Å². The molecule has 1 aromatic heterocycles. The fraction of sp³-hybridized carbons (Fsp3) is 0.812. The third-order valence-electron chi connectivity index (χ3n) is 5.72. The molecule has 5 rings (SSSR count). The average molecular weight is 260 g/mol. The van der Waals surface area contributed by atoms with Crippen molar-refractivity contribution in [3.8, 4) is 0 Å². The van der Waals surface area contributed by atoms with Crippen LogP contribution in [0.3, 0.4) is 0 Å². The van der Waals surface area contributed by atoms with Crippen molar-refractivity contribution in [1.29, 1.82) is 0 Å². The largest absolute Gasteiger partial charge is 0.446 e. The van der Waals surface area contributed by atoms with E-state index in [0.717, 1.165) is 35.8 Å². The molecule has 3 nitrogen and oxygen atoms in total. The van der Waals surface area contributed by atoms with Gasteiger partial charge in [-0.05, 0) is 62.8 Å². The minimum atomic E-state index is 0.344. The fourth-order valence-electron chi connectivity index (χ4n) is 5.58. The van der Waals surface area contributed by atoms with Crippen LogP contribution in [0, 0.1) is 24.7 Å². The van der Waals surface area contributed by atoms with Crippen LogP contribution in [0.25, 0.3) is 0 Å². The molecule has 104 valence electrons. The minimum absolute atomic E-state index is 0.344. The highest BCUT2D eigenvalue weighted by atomic mass is 16.4. The maximum Gasteiger partial charge on any atom is 0.191 e. The fourth-order valence-corrected chi connectivity index (χ4v) is 5.58. The van der Waals surface area contributed by atoms with Gasteiger partial charge in [0.05, 0.1) is 5.69 Å². The molecule has 0 aromatic carbocycles. The molecule has 4 aliphatic carbocycles. The summed E-state index contributed by atoms with van der Waals surface area (Å²) in [6, 6.07) is 0. The number of aryl methyl sites for hydroxylation is 1. The van der Waals surface area contributed by atoms with Gasteiger partial charge in [-0.2, -0.15) is 0 Å². The molecule has 4 bridgehead atoms. The summed E-state index contributed by atoms with van der Waals surface area (Å²) in [5.74, 6) is 4.77. The molecule has 0 atom stereocenters. The van der Waals surface area contributed by atoms with Crippen molar-refractivity contribution in [2.24, 2.45) is 23.5 Å². The van der Waals surface area contributed by atoms with Gasteiger partial charge in [-0.3, -0.25) is 0 Å². The summed E-state index contributed by atoms with van der Waals surface area (Å²) >= 11 is 0. The van der Waals surface area contributed by atoms with E-state index < -0.39 is 0 Å². The molecule has 0 aliphatic heterocycles. The van der Waals surface area contributed by atoms with Crippen LogP contribution in [0.5, 0.6) is 0 Å². The van der Waals surface area contributed by atoms with Crippen molar-refractivity contribution in [2.75, 3.05) is 6.54 Å². The van der Waals surface area contributed by atoms with E-state index in [-0.39, 0.29) is 0 Å². The Bertz CT molecular complexity index is 456. The Labute approximate surface area is 115 Å². The van der Waals surface area contributed by atoms with E-state index in [4.69, 9.17) is 15.1 Å². The normalized spacial score (nSPS) is 40.0. The highest BCUT2D eigenvalue weighted by molar-refractivity contribution is 5.26. The molecular weight excluding hydrogens is 236 g/mol. The highest BCUT2D eigenvalue weighted by Gasteiger charge is 2.53. The number of rotatable bonds is 3. The van der Waals surface area contributed by atoms with E-state index in [1.165, 1.54) is 44.2 Å². The third-order valence-corrected chi connectivity index (χ3v) is 5.72. The number of nitrogens with zero attached hydrogens (tertiary/aromatic N) is 1. The Hall–Kier alpha value is -0.830. The molecule has 0 unspecified atom stereocenters. The van der Waals surface area contributed by atoms with Crippen LogP contribution in [0.2, 0.25) is 0 Å². The first-order chi connectivity index (χ1) is 9.18. The molecule has 0 spiro atoms. The summed E-state index contributed by atoms with van der Waals surface area (Å²) in [5, 5.41) is 0. The van der Waals surface area contributed by atoms with Gasteiger partial charge in [0.1, 0.15) is 5.76 Å². The Morgan fingerprint density at radius 3 is 2.26 bits per heavy atom. The van der Waals surface area contributed by atoms with E-state index in [2.05, 4.69) is 0 Å². The van der Waals surface area contributed by atoms with Gasteiger partial charge in [-0.25, -0.2) is 4.98 Å². The predicted octanol–water partition coefficient (Wildman–Crippen LogP) is 2.95. The van der Waals surface area contributed by atoms with Gasteiger partial charge in [0.15, 0.2) is 5.89 Å². The van der Waals surface area contributed by atoms with Crippen LogP contribution < -0.4 is 5.73 Å². The van der Waals surface area contributed by atoms with Crippen LogP contribution in [0.4, 0.5) is 0 Å². The predicted molar refractivity (Wildman–Crippen MR) is 73.8 cm³/mol. The van der Waals surface area contributed by atoms with Gasteiger partial charge < -0.3 is 10.2 Å². The van der Waals surface area contributed by atoms with Crippen molar-refractivity contribution in [3.05, 3.63) is 17.3 Å². The summed E-state index contributed by atoms with van der Waals surface area (Å²) in [7, 11) is 0. The first-order valence-corrected chi connectivity index (χ1v) is 7.85. The standard InChI is InChI=1S/C16H24N2O/c1-10-18-15(14(19-10)2-3-17)16-7-11-4-12(8-16)6-13(5-11)9-16/h11-13H,2-9,17H2,1H3. The number of nitrogens with two attached hydrogens (primary N) is 1. The maximum atomic E-state index is 5.85. The number of oxazole rings is 1. The van der Waals surface area contributed by atoms with E-state index in [1.807, 2.05) is 6.92 Å². The summed E-state index contributed by atoms with van der Waals surface area (Å²) in [5.41, 5.74) is 7.37. The zero-order valence-electron chi connectivity index (χ0n) is 11.8. The molecule has 0 amide bonds. The quantitative estimate of drug-likeness (QED) is 0.909. The van der Waals surface area contributed by atoms with Gasteiger partial charge in [0.2, 0.25) is 0 Å². The molecular formula is C16H24N2O. The lowest BCUT2D eigenvalue weighted by atomic mass is 9.48. The third kappa shape index (κ3) is 1.78. The van der Waals surface area contributed by atoms with E-state index >= 15 is 0 Å². The monoisotopic (exact) mass is 260 g/mol. The van der Waals surface area contributed by atoms with Crippen LogP contribution in [-0.4, -0.2) is 11.5 Å². The van der Waals surface area contributed by atoms with Crippen molar-refractivity contribution in [2.45, 2.75) is 57.3 Å². The van der Waals surface area contributed by atoms with Crippen molar-refractivity contribution in [1.82, 2.24) is 4.98 Å². The molecule has 4 fully saturated rings. The Morgan fingerprint density at radius 2 is 1.74 bits per heavy atom. The Morgan fingerprint density at radius 1 is 1.16 bits per heavy atom. The molecule has 4 aliphatic rings. The van der Waals surface area contributed by atoms with Crippen molar-refractivity contribution >= 4 is 0 Å². The van der Waals surface area contributed by atoms with Crippen LogP contribution in [-0.2, 0) is 11.8 Å². The second kappa shape index (κ2) is 4.08. The van der Waals surface area contributed by atoms with E-state index in [9.17, 15) is 0 Å². The lowest BCUT2D eigenvalue weighted by Crippen LogP contribution is -2.49. The van der Waals surface area contributed by atoms with Crippen molar-refractivity contribution in [3.63, 3.8) is 0 Å². The molecule has 2 N–H and O–H groups in total. The SMILES string of the molecule is Cc1nc(C23CC4CC(CC(C4)C2)C3)c(CCN)o1. The molecule has 1 aromatic rings. The van der Waals surface area contributed by atoms with Gasteiger partial charge in [-0.1, -0.05) is 0 Å². The second-order valence-electron chi connectivity index (χ2n) is 7.24. The van der Waals surface area contributed by atoms with Crippen LogP contribution in [0.15, 0.2) is 4.42 Å². The zero-order valence-corrected chi connectivity index (χ0v) is 11.8. The molecule has 4 saturated carbocycles. The zero-order chi connectivity index (χ0) is 13.0. The first-order valence-electron chi connectivity index (χ1n) is 7.85. The lowest BCUT2D eigenvalue weighted by molar-refractivity contribution is -0.00775. The summed E-state index contributed by atoms with van der Waals surface area (Å²) in [6.45, 7) is 2.64. The number of hydrogen-bond donors (Lipinski definition) is 1. The van der Waals surface area contributed by atoms with Crippen LogP contribution >= 0.6 is 0 Å². The molecule has 0 radical (unpaired) electrons. The highest BCUT2D eigenvalue weighted by Crippen LogP contribution is 2.60. The smallest absolute Gasteiger partial charge is 0.191 e. The molecule has 3 heteroatoms. The average Bonchev–Trinajstić information content (AvgIpc) is 2.70. The van der Waals surface area contributed by atoms with E-state index in [1.54, 1.807) is 0 Å². The number of aromatic nitrogens is 1. The Balaban J connectivity index is 1.75. The Kier molecular flexibility index (Phi) is 2.57.